The highest BCUT2D eigenvalue weighted by Gasteiger charge is 2.16. The third kappa shape index (κ3) is 4.89. The van der Waals surface area contributed by atoms with Gasteiger partial charge in [0.25, 0.3) is 5.95 Å². The molecule has 0 spiro atoms. The average molecular weight is 430 g/mol. The van der Waals surface area contributed by atoms with E-state index in [9.17, 15) is 0 Å². The smallest absolute Gasteiger partial charge is 0.286 e. The first kappa shape index (κ1) is 21.0. The van der Waals surface area contributed by atoms with Gasteiger partial charge in [0.2, 0.25) is 0 Å². The van der Waals surface area contributed by atoms with Crippen LogP contribution in [0.2, 0.25) is 5.02 Å². The van der Waals surface area contributed by atoms with Crippen LogP contribution < -0.4 is 10.1 Å². The normalized spacial score (nSPS) is 11.5. The molecule has 0 aliphatic heterocycles. The Morgan fingerprint density at radius 1 is 0.806 bits per heavy atom. The molecule has 31 heavy (non-hydrogen) atoms. The van der Waals surface area contributed by atoms with E-state index in [1.807, 2.05) is 37.3 Å². The molecule has 1 heterocycles. The molecule has 0 unspecified atom stereocenters. The highest BCUT2D eigenvalue weighted by Crippen LogP contribution is 2.33. The fraction of sp³-hybridized carbons (Fsp3) is 0.148. The maximum atomic E-state index is 6.25. The van der Waals surface area contributed by atoms with E-state index in [0.29, 0.717) is 17.6 Å². The zero-order valence-electron chi connectivity index (χ0n) is 17.9. The summed E-state index contributed by atoms with van der Waals surface area (Å²) in [7, 11) is 0. The summed E-state index contributed by atoms with van der Waals surface area (Å²) in [6, 6.07) is 26.0. The van der Waals surface area contributed by atoms with Crippen molar-refractivity contribution in [1.82, 2.24) is 0 Å². The summed E-state index contributed by atoms with van der Waals surface area (Å²) in [5.74, 6) is 1.16. The van der Waals surface area contributed by atoms with Crippen molar-refractivity contribution in [1.29, 1.82) is 0 Å². The van der Waals surface area contributed by atoms with Crippen molar-refractivity contribution in [3.8, 4) is 28.4 Å². The van der Waals surface area contributed by atoms with Crippen molar-refractivity contribution < 1.29 is 9.15 Å². The van der Waals surface area contributed by atoms with Crippen LogP contribution in [0.25, 0.3) is 22.5 Å². The van der Waals surface area contributed by atoms with E-state index in [-0.39, 0.29) is 0 Å². The van der Waals surface area contributed by atoms with E-state index >= 15 is 0 Å². The average Bonchev–Trinajstić information content (AvgIpc) is 2.77. The Labute approximate surface area is 187 Å². The van der Waals surface area contributed by atoms with Gasteiger partial charge in [0.05, 0.1) is 23.2 Å². The number of aryl methyl sites for hydroxylation is 2. The Balaban J connectivity index is 2.04. The van der Waals surface area contributed by atoms with E-state index in [1.54, 1.807) is 0 Å². The van der Waals surface area contributed by atoms with Gasteiger partial charge in [-0.05, 0) is 50.6 Å². The van der Waals surface area contributed by atoms with Crippen LogP contribution in [0.5, 0.6) is 5.95 Å². The SMILES string of the molecule is CCOc1cc(=Nc2ccc(Cl)cc2)c(-c2ccc(C)cc2)c(-c2ccc(C)cc2)o1. The molecular weight excluding hydrogens is 406 g/mol. The molecule has 0 radical (unpaired) electrons. The van der Waals surface area contributed by atoms with Crippen LogP contribution in [0.1, 0.15) is 18.1 Å². The Morgan fingerprint density at radius 3 is 1.97 bits per heavy atom. The van der Waals surface area contributed by atoms with E-state index in [2.05, 4.69) is 62.4 Å². The number of hydrogen-bond donors (Lipinski definition) is 0. The van der Waals surface area contributed by atoms with E-state index in [0.717, 1.165) is 33.5 Å². The van der Waals surface area contributed by atoms with Gasteiger partial charge in [-0.15, -0.1) is 0 Å². The molecule has 0 atom stereocenters. The summed E-state index contributed by atoms with van der Waals surface area (Å²) in [5, 5.41) is 1.45. The minimum Gasteiger partial charge on any atom is -0.465 e. The molecule has 0 bridgehead atoms. The molecular formula is C27H24ClNO2. The zero-order valence-corrected chi connectivity index (χ0v) is 18.6. The van der Waals surface area contributed by atoms with Gasteiger partial charge in [0, 0.05) is 16.7 Å². The molecule has 0 N–H and O–H groups in total. The second kappa shape index (κ2) is 9.23. The lowest BCUT2D eigenvalue weighted by Gasteiger charge is -2.13. The quantitative estimate of drug-likeness (QED) is 0.329. The lowest BCUT2D eigenvalue weighted by atomic mass is 9.98. The first-order valence-electron chi connectivity index (χ1n) is 10.3. The predicted molar refractivity (Wildman–Crippen MR) is 127 cm³/mol. The van der Waals surface area contributed by atoms with Gasteiger partial charge in [0.15, 0.2) is 0 Å². The standard InChI is InChI=1S/C27H24ClNO2/c1-4-30-25-17-24(29-23-15-13-22(28)14-16-23)26(20-9-5-18(2)6-10-20)27(31-25)21-11-7-19(3)8-12-21/h5-17H,4H2,1-3H3. The topological polar surface area (TPSA) is 34.7 Å². The number of hydrogen-bond acceptors (Lipinski definition) is 3. The summed E-state index contributed by atoms with van der Waals surface area (Å²) in [4.78, 5) is 4.93. The first-order chi connectivity index (χ1) is 15.0. The van der Waals surface area contributed by atoms with Crippen molar-refractivity contribution in [3.05, 3.63) is 100 Å². The van der Waals surface area contributed by atoms with Crippen molar-refractivity contribution in [2.24, 2.45) is 4.99 Å². The summed E-state index contributed by atoms with van der Waals surface area (Å²) >= 11 is 6.06. The van der Waals surface area contributed by atoms with Crippen LogP contribution in [0.3, 0.4) is 0 Å². The molecule has 0 fully saturated rings. The Bertz CT molecular complexity index is 1240. The number of benzene rings is 3. The van der Waals surface area contributed by atoms with Gasteiger partial charge < -0.3 is 9.15 Å². The summed E-state index contributed by atoms with van der Waals surface area (Å²) in [5.41, 5.74) is 6.10. The number of rotatable bonds is 5. The van der Waals surface area contributed by atoms with Crippen LogP contribution in [0, 0.1) is 13.8 Å². The third-order valence-corrected chi connectivity index (χ3v) is 5.21. The highest BCUT2D eigenvalue weighted by atomic mass is 35.5. The van der Waals surface area contributed by atoms with Crippen LogP contribution in [-0.2, 0) is 0 Å². The van der Waals surface area contributed by atoms with Crippen molar-refractivity contribution >= 4 is 17.3 Å². The Morgan fingerprint density at radius 2 is 1.39 bits per heavy atom. The molecule has 4 aromatic rings. The molecule has 4 rings (SSSR count). The number of nitrogens with zero attached hydrogens (tertiary/aromatic N) is 1. The van der Waals surface area contributed by atoms with Gasteiger partial charge in [-0.1, -0.05) is 71.3 Å². The predicted octanol–water partition coefficient (Wildman–Crippen LogP) is 7.51. The molecule has 4 heteroatoms. The molecule has 0 saturated carbocycles. The summed E-state index contributed by atoms with van der Waals surface area (Å²) < 4.78 is 12.0. The summed E-state index contributed by atoms with van der Waals surface area (Å²) in [6.07, 6.45) is 0. The number of ether oxygens (including phenoxy) is 1. The lowest BCUT2D eigenvalue weighted by Crippen LogP contribution is -2.09. The van der Waals surface area contributed by atoms with Gasteiger partial charge in [0.1, 0.15) is 5.76 Å². The van der Waals surface area contributed by atoms with Crippen molar-refractivity contribution in [2.75, 3.05) is 6.61 Å². The number of halogens is 1. The molecule has 156 valence electrons. The fourth-order valence-electron chi connectivity index (χ4n) is 3.34. The first-order valence-corrected chi connectivity index (χ1v) is 10.7. The van der Waals surface area contributed by atoms with Gasteiger partial charge in [-0.2, -0.15) is 0 Å². The lowest BCUT2D eigenvalue weighted by molar-refractivity contribution is 0.254. The Kier molecular flexibility index (Phi) is 6.24. The fourth-order valence-corrected chi connectivity index (χ4v) is 3.47. The van der Waals surface area contributed by atoms with Crippen LogP contribution in [0.15, 0.2) is 88.3 Å². The molecule has 0 aliphatic rings. The van der Waals surface area contributed by atoms with Gasteiger partial charge in [-0.3, -0.25) is 0 Å². The second-order valence-electron chi connectivity index (χ2n) is 7.41. The molecule has 0 amide bonds. The molecule has 1 aromatic heterocycles. The van der Waals surface area contributed by atoms with Crippen molar-refractivity contribution in [3.63, 3.8) is 0 Å². The van der Waals surface area contributed by atoms with E-state index in [1.165, 1.54) is 11.1 Å². The van der Waals surface area contributed by atoms with Gasteiger partial charge >= 0.3 is 0 Å². The monoisotopic (exact) mass is 429 g/mol. The molecule has 3 aromatic carbocycles. The largest absolute Gasteiger partial charge is 0.465 e. The minimum absolute atomic E-state index is 0.432. The van der Waals surface area contributed by atoms with Crippen LogP contribution >= 0.6 is 11.6 Å². The molecule has 0 aliphatic carbocycles. The maximum Gasteiger partial charge on any atom is 0.286 e. The Hall–Kier alpha value is -3.30. The van der Waals surface area contributed by atoms with E-state index in [4.69, 9.17) is 25.7 Å². The van der Waals surface area contributed by atoms with Crippen molar-refractivity contribution in [2.45, 2.75) is 20.8 Å². The summed E-state index contributed by atoms with van der Waals surface area (Å²) in [6.45, 7) is 6.58. The van der Waals surface area contributed by atoms with E-state index < -0.39 is 0 Å². The van der Waals surface area contributed by atoms with Gasteiger partial charge in [-0.25, -0.2) is 4.99 Å². The van der Waals surface area contributed by atoms with Crippen LogP contribution in [0.4, 0.5) is 5.69 Å². The molecule has 0 saturated heterocycles. The maximum absolute atomic E-state index is 6.25. The third-order valence-electron chi connectivity index (χ3n) is 4.96. The zero-order chi connectivity index (χ0) is 21.8. The minimum atomic E-state index is 0.432. The second-order valence-corrected chi connectivity index (χ2v) is 7.84. The highest BCUT2D eigenvalue weighted by molar-refractivity contribution is 6.30. The molecule has 3 nitrogen and oxygen atoms in total. The van der Waals surface area contributed by atoms with Crippen LogP contribution in [-0.4, -0.2) is 6.61 Å².